The quantitative estimate of drug-likeness (QED) is 0.877. The van der Waals surface area contributed by atoms with Gasteiger partial charge in [-0.05, 0) is 51.1 Å². The molecule has 2 aromatic rings. The first kappa shape index (κ1) is 18.6. The molecule has 1 aliphatic carbocycles. The number of carbonyl (C=O) groups excluding carboxylic acids is 1. The van der Waals surface area contributed by atoms with Gasteiger partial charge in [0.05, 0.1) is 10.3 Å². The molecule has 0 aromatic carbocycles. The zero-order valence-electron chi connectivity index (χ0n) is 16.5. The van der Waals surface area contributed by atoms with Crippen LogP contribution in [0.5, 0.6) is 0 Å². The van der Waals surface area contributed by atoms with E-state index in [1.54, 1.807) is 6.33 Å². The number of aromatic nitrogens is 2. The second-order valence-electron chi connectivity index (χ2n) is 8.15. The highest BCUT2D eigenvalue weighted by molar-refractivity contribution is 7.20. The summed E-state index contributed by atoms with van der Waals surface area (Å²) in [5.74, 6) is 1.82. The van der Waals surface area contributed by atoms with Gasteiger partial charge in [-0.2, -0.15) is 0 Å². The Kier molecular flexibility index (Phi) is 5.32. The van der Waals surface area contributed by atoms with Crippen LogP contribution in [0.25, 0.3) is 10.2 Å². The third-order valence-corrected chi connectivity index (χ3v) is 7.27. The number of fused-ring (bicyclic) bond motifs is 1. The highest BCUT2D eigenvalue weighted by Gasteiger charge is 2.26. The van der Waals surface area contributed by atoms with E-state index in [1.807, 2.05) is 6.92 Å². The highest BCUT2D eigenvalue weighted by Crippen LogP contribution is 2.35. The maximum atomic E-state index is 12.9. The van der Waals surface area contributed by atoms with Gasteiger partial charge in [0, 0.05) is 32.2 Å². The van der Waals surface area contributed by atoms with Crippen LogP contribution in [0.4, 0.5) is 5.82 Å². The van der Waals surface area contributed by atoms with Crippen molar-refractivity contribution in [2.75, 3.05) is 38.1 Å². The van der Waals surface area contributed by atoms with Crippen LogP contribution in [0.15, 0.2) is 6.33 Å². The Balaban J connectivity index is 1.58. The van der Waals surface area contributed by atoms with Crippen LogP contribution in [-0.4, -0.2) is 60.0 Å². The Hall–Kier alpha value is -1.73. The number of carbonyl (C=O) groups is 1. The minimum Gasteiger partial charge on any atom is -0.353 e. The molecule has 0 atom stereocenters. The van der Waals surface area contributed by atoms with E-state index < -0.39 is 0 Å². The van der Waals surface area contributed by atoms with Gasteiger partial charge in [-0.3, -0.25) is 4.79 Å². The second-order valence-corrected chi connectivity index (χ2v) is 9.15. The molecule has 146 valence electrons. The molecule has 0 radical (unpaired) electrons. The molecule has 4 rings (SSSR count). The SMILES string of the molecule is Cc1c(C(=O)NC2CCC(C)CC2)sc2ncnc(N3CCN(C)CC3)c12. The fraction of sp³-hybridized carbons (Fsp3) is 0.650. The van der Waals surface area contributed by atoms with Crippen molar-refractivity contribution in [2.24, 2.45) is 5.92 Å². The number of hydrogen-bond acceptors (Lipinski definition) is 6. The van der Waals surface area contributed by atoms with Crippen molar-refractivity contribution in [3.05, 3.63) is 16.8 Å². The lowest BCUT2D eigenvalue weighted by atomic mass is 9.87. The normalized spacial score (nSPS) is 24.3. The van der Waals surface area contributed by atoms with Crippen LogP contribution >= 0.6 is 11.3 Å². The number of nitrogens with zero attached hydrogens (tertiary/aromatic N) is 4. The summed E-state index contributed by atoms with van der Waals surface area (Å²) < 4.78 is 0. The lowest BCUT2D eigenvalue weighted by Crippen LogP contribution is -2.44. The van der Waals surface area contributed by atoms with Gasteiger partial charge in [0.2, 0.25) is 0 Å². The van der Waals surface area contributed by atoms with Crippen molar-refractivity contribution in [3.8, 4) is 0 Å². The van der Waals surface area contributed by atoms with E-state index in [9.17, 15) is 4.79 Å². The number of nitrogens with one attached hydrogen (secondary N) is 1. The van der Waals surface area contributed by atoms with Gasteiger partial charge in [-0.1, -0.05) is 6.92 Å². The second kappa shape index (κ2) is 7.72. The van der Waals surface area contributed by atoms with Crippen molar-refractivity contribution in [1.82, 2.24) is 20.2 Å². The summed E-state index contributed by atoms with van der Waals surface area (Å²) in [7, 11) is 2.15. The van der Waals surface area contributed by atoms with Crippen molar-refractivity contribution < 1.29 is 4.79 Å². The fourth-order valence-corrected chi connectivity index (χ4v) is 5.23. The van der Waals surface area contributed by atoms with E-state index >= 15 is 0 Å². The van der Waals surface area contributed by atoms with Gasteiger partial charge < -0.3 is 15.1 Å². The number of hydrogen-bond donors (Lipinski definition) is 1. The average Bonchev–Trinajstić information content (AvgIpc) is 3.01. The zero-order chi connectivity index (χ0) is 19.0. The molecule has 1 saturated carbocycles. The lowest BCUT2D eigenvalue weighted by Gasteiger charge is -2.33. The maximum Gasteiger partial charge on any atom is 0.261 e. The standard InChI is InChI=1S/C20H29N5OS/c1-13-4-6-15(7-5-13)23-19(26)17-14(2)16-18(21-12-22-20(16)27-17)25-10-8-24(3)9-11-25/h12-13,15H,4-11H2,1-3H3,(H,23,26). The third kappa shape index (κ3) is 3.80. The first-order valence-corrected chi connectivity index (χ1v) is 10.8. The molecule has 6 nitrogen and oxygen atoms in total. The number of amides is 1. The van der Waals surface area contributed by atoms with E-state index in [0.717, 1.165) is 71.4 Å². The first-order valence-electron chi connectivity index (χ1n) is 10.0. The average molecular weight is 388 g/mol. The highest BCUT2D eigenvalue weighted by atomic mass is 32.1. The van der Waals surface area contributed by atoms with E-state index in [-0.39, 0.29) is 5.91 Å². The Bertz CT molecular complexity index is 819. The minimum atomic E-state index is 0.0550. The van der Waals surface area contributed by atoms with Crippen LogP contribution < -0.4 is 10.2 Å². The van der Waals surface area contributed by atoms with Crippen LogP contribution in [-0.2, 0) is 0 Å². The molecule has 0 spiro atoms. The fourth-order valence-electron chi connectivity index (χ4n) is 4.18. The van der Waals surface area contributed by atoms with Crippen molar-refractivity contribution in [3.63, 3.8) is 0 Å². The lowest BCUT2D eigenvalue weighted by molar-refractivity contribution is 0.0926. The molecule has 27 heavy (non-hydrogen) atoms. The molecule has 2 aromatic heterocycles. The first-order chi connectivity index (χ1) is 13.0. The number of piperazine rings is 1. The predicted molar refractivity (Wildman–Crippen MR) is 111 cm³/mol. The summed E-state index contributed by atoms with van der Waals surface area (Å²) in [5.41, 5.74) is 1.02. The van der Waals surface area contributed by atoms with Crippen LogP contribution in [0, 0.1) is 12.8 Å². The Morgan fingerprint density at radius 3 is 2.56 bits per heavy atom. The van der Waals surface area contributed by atoms with Crippen molar-refractivity contribution >= 4 is 33.3 Å². The molecular formula is C20H29N5OS. The maximum absolute atomic E-state index is 12.9. The molecule has 1 amide bonds. The van der Waals surface area contributed by atoms with Gasteiger partial charge in [-0.25, -0.2) is 9.97 Å². The van der Waals surface area contributed by atoms with Gasteiger partial charge in [-0.15, -0.1) is 11.3 Å². The van der Waals surface area contributed by atoms with Gasteiger partial charge in [0.25, 0.3) is 5.91 Å². The smallest absolute Gasteiger partial charge is 0.261 e. The molecule has 3 heterocycles. The number of anilines is 1. The van der Waals surface area contributed by atoms with E-state index in [4.69, 9.17) is 0 Å². The van der Waals surface area contributed by atoms with Gasteiger partial charge in [0.1, 0.15) is 17.0 Å². The monoisotopic (exact) mass is 387 g/mol. The van der Waals surface area contributed by atoms with Crippen LogP contribution in [0.2, 0.25) is 0 Å². The minimum absolute atomic E-state index is 0.0550. The van der Waals surface area contributed by atoms with Gasteiger partial charge >= 0.3 is 0 Å². The summed E-state index contributed by atoms with van der Waals surface area (Å²) >= 11 is 1.50. The Morgan fingerprint density at radius 1 is 1.15 bits per heavy atom. The molecule has 0 unspecified atom stereocenters. The summed E-state index contributed by atoms with van der Waals surface area (Å²) in [6, 6.07) is 0.307. The Morgan fingerprint density at radius 2 is 1.85 bits per heavy atom. The van der Waals surface area contributed by atoms with E-state index in [2.05, 4.69) is 39.1 Å². The Labute approximate surface area is 165 Å². The molecule has 1 aliphatic heterocycles. The van der Waals surface area contributed by atoms with Gasteiger partial charge in [0.15, 0.2) is 0 Å². The predicted octanol–water partition coefficient (Wildman–Crippen LogP) is 3.06. The molecule has 0 bridgehead atoms. The van der Waals surface area contributed by atoms with E-state index in [1.165, 1.54) is 24.2 Å². The number of aryl methyl sites for hydroxylation is 1. The van der Waals surface area contributed by atoms with E-state index in [0.29, 0.717) is 6.04 Å². The zero-order valence-corrected chi connectivity index (χ0v) is 17.3. The summed E-state index contributed by atoms with van der Waals surface area (Å²) in [6.45, 7) is 8.32. The number of likely N-dealkylation sites (N-methyl/N-ethyl adjacent to an activating group) is 1. The number of rotatable bonds is 3. The molecule has 1 saturated heterocycles. The molecular weight excluding hydrogens is 358 g/mol. The number of thiophene rings is 1. The van der Waals surface area contributed by atoms with Crippen LogP contribution in [0.3, 0.4) is 0 Å². The summed E-state index contributed by atoms with van der Waals surface area (Å²) in [5, 5.41) is 4.32. The summed E-state index contributed by atoms with van der Waals surface area (Å²) in [4.78, 5) is 28.4. The topological polar surface area (TPSA) is 61.4 Å². The third-order valence-electron chi connectivity index (χ3n) is 6.07. The molecule has 2 aliphatic rings. The molecule has 2 fully saturated rings. The molecule has 1 N–H and O–H groups in total. The van der Waals surface area contributed by atoms with Crippen molar-refractivity contribution in [1.29, 1.82) is 0 Å². The largest absolute Gasteiger partial charge is 0.353 e. The molecule has 7 heteroatoms. The van der Waals surface area contributed by atoms with Crippen molar-refractivity contribution in [2.45, 2.75) is 45.6 Å². The summed E-state index contributed by atoms with van der Waals surface area (Å²) in [6.07, 6.45) is 6.22. The van der Waals surface area contributed by atoms with Crippen LogP contribution in [0.1, 0.15) is 47.8 Å².